The molecule has 0 bridgehead atoms. The van der Waals surface area contributed by atoms with E-state index in [0.717, 1.165) is 25.8 Å². The lowest BCUT2D eigenvalue weighted by atomic mass is 9.82. The second-order valence-electron chi connectivity index (χ2n) is 8.45. The summed E-state index contributed by atoms with van der Waals surface area (Å²) in [5, 5.41) is 2.86. The van der Waals surface area contributed by atoms with E-state index in [4.69, 9.17) is 4.74 Å². The highest BCUT2D eigenvalue weighted by atomic mass is 16.5. The molecule has 1 aliphatic rings. The molecule has 0 saturated carbocycles. The second kappa shape index (κ2) is 10.00. The molecule has 1 aliphatic heterocycles. The van der Waals surface area contributed by atoms with Crippen LogP contribution in [0.15, 0.2) is 30.3 Å². The monoisotopic (exact) mass is 373 g/mol. The van der Waals surface area contributed by atoms with Crippen molar-refractivity contribution in [3.05, 3.63) is 42.3 Å². The molecule has 27 heavy (non-hydrogen) atoms. The first-order valence-corrected chi connectivity index (χ1v) is 9.73. The smallest absolute Gasteiger partial charge is 0.224 e. The van der Waals surface area contributed by atoms with E-state index >= 15 is 0 Å². The highest BCUT2D eigenvalue weighted by molar-refractivity contribution is 5.94. The predicted octanol–water partition coefficient (Wildman–Crippen LogP) is 2.64. The van der Waals surface area contributed by atoms with Gasteiger partial charge in [0.05, 0.1) is 12.5 Å². The molecule has 1 heterocycles. The molecule has 2 unspecified atom stereocenters. The number of benzene rings is 1. The molecule has 0 spiro atoms. The van der Waals surface area contributed by atoms with Gasteiger partial charge in [0.25, 0.3) is 0 Å². The van der Waals surface area contributed by atoms with Crippen LogP contribution in [0.1, 0.15) is 38.7 Å². The van der Waals surface area contributed by atoms with Crippen LogP contribution in [0, 0.1) is 11.8 Å². The first-order valence-electron chi connectivity index (χ1n) is 9.73. The Hall–Kier alpha value is -1.72. The van der Waals surface area contributed by atoms with Crippen molar-refractivity contribution in [3.63, 3.8) is 0 Å². The molecule has 1 saturated heterocycles. The van der Waals surface area contributed by atoms with Crippen LogP contribution in [0.2, 0.25) is 0 Å². The molecule has 2 atom stereocenters. The van der Waals surface area contributed by atoms with Crippen LogP contribution >= 0.6 is 0 Å². The average Bonchev–Trinajstić information content (AvgIpc) is 2.97. The summed E-state index contributed by atoms with van der Waals surface area (Å²) in [7, 11) is 3.96. The number of hydrogen-bond acceptors (Lipinski definition) is 4. The second-order valence-corrected chi connectivity index (χ2v) is 8.45. The van der Waals surface area contributed by atoms with Gasteiger partial charge in [-0.2, -0.15) is 0 Å². The zero-order valence-electron chi connectivity index (χ0n) is 17.0. The Morgan fingerprint density at radius 2 is 2.00 bits per heavy atom. The van der Waals surface area contributed by atoms with Gasteiger partial charge >= 0.3 is 0 Å². The summed E-state index contributed by atoms with van der Waals surface area (Å²) >= 11 is 0. The summed E-state index contributed by atoms with van der Waals surface area (Å²) in [6.07, 6.45) is 4.84. The lowest BCUT2D eigenvalue weighted by Crippen LogP contribution is -2.45. The lowest BCUT2D eigenvalue weighted by molar-refractivity contribution is -0.124. The number of ketones is 1. The molecule has 0 aliphatic carbocycles. The van der Waals surface area contributed by atoms with E-state index in [1.807, 2.05) is 25.1 Å². The Morgan fingerprint density at radius 3 is 2.67 bits per heavy atom. The van der Waals surface area contributed by atoms with Gasteiger partial charge in [0.15, 0.2) is 5.78 Å². The summed E-state index contributed by atoms with van der Waals surface area (Å²) in [4.78, 5) is 26.5. The summed E-state index contributed by atoms with van der Waals surface area (Å²) in [5.41, 5.74) is 1.33. The van der Waals surface area contributed by atoms with Gasteiger partial charge < -0.3 is 15.0 Å². The number of Topliss-reactive ketones (excluding diaryl/α,β-unsaturated/α-hetero) is 1. The van der Waals surface area contributed by atoms with Crippen LogP contribution in [0.4, 0.5) is 0 Å². The van der Waals surface area contributed by atoms with Gasteiger partial charge in [-0.3, -0.25) is 9.59 Å². The third-order valence-corrected chi connectivity index (χ3v) is 5.09. The fourth-order valence-electron chi connectivity index (χ4n) is 3.20. The predicted molar refractivity (Wildman–Crippen MR) is 107 cm³/mol. The van der Waals surface area contributed by atoms with Crippen molar-refractivity contribution in [2.45, 2.75) is 51.7 Å². The topological polar surface area (TPSA) is 58.6 Å². The van der Waals surface area contributed by atoms with Gasteiger partial charge in [0.1, 0.15) is 12.6 Å². The third-order valence-electron chi connectivity index (χ3n) is 5.09. The molecule has 5 heteroatoms. The Morgan fingerprint density at radius 1 is 1.30 bits per heavy atom. The first-order chi connectivity index (χ1) is 12.8. The van der Waals surface area contributed by atoms with E-state index in [2.05, 4.69) is 43.4 Å². The SMILES string of the molecule is CN(C)CCC1OCC(=O)C1NC(=O)[CH]CC(C)(C)CCc1ccccc1. The standard InChI is InChI=1S/C22H33N2O3/c1-22(2,13-10-17-8-6-5-7-9-17)14-11-20(26)23-21-18(25)16-27-19(21)12-15-24(3)4/h5-9,11,19,21H,10,12-16H2,1-4H3,(H,23,26). The summed E-state index contributed by atoms with van der Waals surface area (Å²) < 4.78 is 5.56. The van der Waals surface area contributed by atoms with Crippen LogP contribution in [0.25, 0.3) is 0 Å². The molecule has 2 rings (SSSR count). The molecule has 1 fully saturated rings. The quantitative estimate of drug-likeness (QED) is 0.685. The number of aryl methyl sites for hydroxylation is 1. The van der Waals surface area contributed by atoms with Crippen LogP contribution in [-0.4, -0.2) is 56.0 Å². The van der Waals surface area contributed by atoms with Crippen molar-refractivity contribution in [1.29, 1.82) is 0 Å². The molecule has 1 amide bonds. The Balaban J connectivity index is 1.77. The first kappa shape index (κ1) is 21.6. The molecule has 149 valence electrons. The summed E-state index contributed by atoms with van der Waals surface area (Å²) in [5.74, 6) is -0.217. The number of ether oxygens (including phenoxy) is 1. The molecule has 5 nitrogen and oxygen atoms in total. The van der Waals surface area contributed by atoms with Crippen molar-refractivity contribution in [2.75, 3.05) is 27.2 Å². The molecule has 1 aromatic rings. The number of nitrogens with zero attached hydrogens (tertiary/aromatic N) is 1. The lowest BCUT2D eigenvalue weighted by Gasteiger charge is -2.25. The van der Waals surface area contributed by atoms with Crippen LogP contribution < -0.4 is 5.32 Å². The number of amides is 1. The average molecular weight is 374 g/mol. The largest absolute Gasteiger partial charge is 0.368 e. The molecule has 0 aromatic heterocycles. The Kier molecular flexibility index (Phi) is 7.99. The minimum Gasteiger partial charge on any atom is -0.368 e. The van der Waals surface area contributed by atoms with Gasteiger partial charge in [-0.1, -0.05) is 44.2 Å². The summed E-state index contributed by atoms with van der Waals surface area (Å²) in [6, 6.07) is 9.86. The van der Waals surface area contributed by atoms with E-state index in [1.54, 1.807) is 6.42 Å². The Bertz CT molecular complexity index is 613. The van der Waals surface area contributed by atoms with E-state index in [0.29, 0.717) is 6.42 Å². The van der Waals surface area contributed by atoms with Crippen molar-refractivity contribution in [1.82, 2.24) is 10.2 Å². The molecule has 1 aromatic carbocycles. The molecular formula is C22H33N2O3. The van der Waals surface area contributed by atoms with E-state index in [-0.39, 0.29) is 29.8 Å². The highest BCUT2D eigenvalue weighted by Crippen LogP contribution is 2.28. The highest BCUT2D eigenvalue weighted by Gasteiger charge is 2.36. The van der Waals surface area contributed by atoms with Crippen molar-refractivity contribution in [3.8, 4) is 0 Å². The molecular weight excluding hydrogens is 340 g/mol. The van der Waals surface area contributed by atoms with Gasteiger partial charge in [-0.05, 0) is 50.8 Å². The fraction of sp³-hybridized carbons (Fsp3) is 0.591. The molecule has 1 N–H and O–H groups in total. The zero-order valence-corrected chi connectivity index (χ0v) is 17.0. The zero-order chi connectivity index (χ0) is 19.9. The number of nitrogens with one attached hydrogen (secondary N) is 1. The Labute approximate surface area is 163 Å². The maximum atomic E-state index is 12.4. The maximum absolute atomic E-state index is 12.4. The van der Waals surface area contributed by atoms with Crippen LogP contribution in [0.5, 0.6) is 0 Å². The van der Waals surface area contributed by atoms with Crippen molar-refractivity contribution in [2.24, 2.45) is 5.41 Å². The maximum Gasteiger partial charge on any atom is 0.224 e. The van der Waals surface area contributed by atoms with Crippen LogP contribution in [-0.2, 0) is 20.7 Å². The minimum absolute atomic E-state index is 0.0215. The molecule has 1 radical (unpaired) electrons. The normalized spacial score (nSPS) is 20.3. The number of carbonyl (C=O) groups is 2. The van der Waals surface area contributed by atoms with Gasteiger partial charge in [-0.25, -0.2) is 0 Å². The third kappa shape index (κ3) is 7.43. The van der Waals surface area contributed by atoms with E-state index in [1.165, 1.54) is 5.56 Å². The van der Waals surface area contributed by atoms with Gasteiger partial charge in [0, 0.05) is 6.54 Å². The number of carbonyl (C=O) groups excluding carboxylic acids is 2. The fourth-order valence-corrected chi connectivity index (χ4v) is 3.20. The van der Waals surface area contributed by atoms with Crippen molar-refractivity contribution < 1.29 is 14.3 Å². The number of hydrogen-bond donors (Lipinski definition) is 1. The summed E-state index contributed by atoms with van der Waals surface area (Å²) in [6.45, 7) is 5.25. The van der Waals surface area contributed by atoms with E-state index < -0.39 is 6.04 Å². The van der Waals surface area contributed by atoms with Gasteiger partial charge in [0.2, 0.25) is 5.91 Å². The van der Waals surface area contributed by atoms with Crippen molar-refractivity contribution >= 4 is 11.7 Å². The number of rotatable bonds is 10. The van der Waals surface area contributed by atoms with Crippen LogP contribution in [0.3, 0.4) is 0 Å². The minimum atomic E-state index is -0.527. The van der Waals surface area contributed by atoms with E-state index in [9.17, 15) is 9.59 Å². The van der Waals surface area contributed by atoms with Gasteiger partial charge in [-0.15, -0.1) is 0 Å².